The Balaban J connectivity index is 1.07. The van der Waals surface area contributed by atoms with Crippen molar-refractivity contribution in [3.63, 3.8) is 0 Å². The zero-order valence-electron chi connectivity index (χ0n) is 19.4. The van der Waals surface area contributed by atoms with Gasteiger partial charge in [0, 0.05) is 31.6 Å². The quantitative estimate of drug-likeness (QED) is 0.541. The van der Waals surface area contributed by atoms with Crippen LogP contribution in [0, 0.1) is 6.92 Å². The Labute approximate surface area is 194 Å². The van der Waals surface area contributed by atoms with Crippen molar-refractivity contribution in [2.24, 2.45) is 7.05 Å². The van der Waals surface area contributed by atoms with Crippen LogP contribution in [0.15, 0.2) is 48.5 Å². The number of amides is 1. The van der Waals surface area contributed by atoms with Gasteiger partial charge >= 0.3 is 0 Å². The van der Waals surface area contributed by atoms with Gasteiger partial charge in [0.05, 0.1) is 23.7 Å². The molecule has 5 rings (SSSR count). The Morgan fingerprint density at radius 1 is 1.15 bits per heavy atom. The molecular weight excluding hydrogens is 414 g/mol. The number of aliphatic hydroxyl groups is 1. The number of likely N-dealkylation sites (tertiary alicyclic amines) is 1. The van der Waals surface area contributed by atoms with Crippen LogP contribution in [0.1, 0.15) is 36.8 Å². The number of carbonyl (C=O) groups excluding carboxylic acids is 1. The lowest BCUT2D eigenvalue weighted by Crippen LogP contribution is -2.63. The van der Waals surface area contributed by atoms with Crippen LogP contribution in [-0.4, -0.2) is 57.4 Å². The number of rotatable bonds is 6. The number of fused-ring (bicyclic) bond motifs is 1. The molecule has 174 valence electrons. The van der Waals surface area contributed by atoms with Crippen LogP contribution in [0.5, 0.6) is 0 Å². The second kappa shape index (κ2) is 8.80. The maximum atomic E-state index is 12.5. The number of nitrogens with one attached hydrogen (secondary N) is 2. The van der Waals surface area contributed by atoms with E-state index in [9.17, 15) is 9.90 Å². The highest BCUT2D eigenvalue weighted by molar-refractivity contribution is 5.92. The summed E-state index contributed by atoms with van der Waals surface area (Å²) < 4.78 is 1.84. The van der Waals surface area contributed by atoms with Crippen molar-refractivity contribution in [3.05, 3.63) is 59.7 Å². The van der Waals surface area contributed by atoms with E-state index in [0.29, 0.717) is 6.04 Å². The molecule has 2 heterocycles. The summed E-state index contributed by atoms with van der Waals surface area (Å²) in [6.45, 7) is 4.03. The molecule has 0 bridgehead atoms. The van der Waals surface area contributed by atoms with Crippen molar-refractivity contribution >= 4 is 22.6 Å². The molecule has 7 nitrogen and oxygen atoms in total. The molecule has 0 atom stereocenters. The molecule has 7 heteroatoms. The maximum Gasteiger partial charge on any atom is 0.239 e. The number of aromatic nitrogens is 2. The average Bonchev–Trinajstić information content (AvgIpc) is 3.10. The van der Waals surface area contributed by atoms with Crippen LogP contribution in [0.2, 0.25) is 0 Å². The van der Waals surface area contributed by atoms with Gasteiger partial charge in [-0.2, -0.15) is 5.10 Å². The van der Waals surface area contributed by atoms with Gasteiger partial charge in [-0.25, -0.2) is 0 Å². The Morgan fingerprint density at radius 3 is 2.61 bits per heavy atom. The summed E-state index contributed by atoms with van der Waals surface area (Å²) in [4.78, 5) is 14.9. The molecule has 0 radical (unpaired) electrons. The smallest absolute Gasteiger partial charge is 0.239 e. The molecular formula is C26H33N5O2. The van der Waals surface area contributed by atoms with Crippen LogP contribution in [0.25, 0.3) is 10.9 Å². The van der Waals surface area contributed by atoms with E-state index in [1.807, 2.05) is 42.1 Å². The van der Waals surface area contributed by atoms with Crippen LogP contribution < -0.4 is 10.6 Å². The van der Waals surface area contributed by atoms with E-state index in [2.05, 4.69) is 45.8 Å². The normalized spacial score (nSPS) is 23.9. The van der Waals surface area contributed by atoms with Gasteiger partial charge in [-0.05, 0) is 50.3 Å². The lowest BCUT2D eigenvalue weighted by Gasteiger charge is -2.48. The highest BCUT2D eigenvalue weighted by atomic mass is 16.3. The van der Waals surface area contributed by atoms with Gasteiger partial charge in [-0.1, -0.05) is 42.0 Å². The van der Waals surface area contributed by atoms with Gasteiger partial charge in [0.25, 0.3) is 0 Å². The van der Waals surface area contributed by atoms with Crippen molar-refractivity contribution in [3.8, 4) is 0 Å². The van der Waals surface area contributed by atoms with E-state index >= 15 is 0 Å². The monoisotopic (exact) mass is 447 g/mol. The number of nitrogens with zero attached hydrogens (tertiary/aromatic N) is 3. The molecule has 2 aromatic carbocycles. The van der Waals surface area contributed by atoms with Gasteiger partial charge < -0.3 is 15.7 Å². The molecule has 1 aliphatic carbocycles. The van der Waals surface area contributed by atoms with Gasteiger partial charge in [-0.15, -0.1) is 0 Å². The SMILES string of the molecule is Cc1ccc2c(c1)c(NCC(=O)NC1CN(C3CCC(O)(c4ccccc4)CC3)C1)nn2C. The predicted octanol–water partition coefficient (Wildman–Crippen LogP) is 2.92. The number of benzene rings is 2. The first-order valence-electron chi connectivity index (χ1n) is 11.9. The first kappa shape index (κ1) is 21.9. The van der Waals surface area contributed by atoms with Crippen molar-refractivity contribution in [2.75, 3.05) is 25.0 Å². The number of carbonyl (C=O) groups is 1. The fourth-order valence-electron chi connectivity index (χ4n) is 5.34. The Hall–Kier alpha value is -2.90. The van der Waals surface area contributed by atoms with E-state index in [1.165, 1.54) is 5.56 Å². The molecule has 1 aromatic heterocycles. The zero-order chi connectivity index (χ0) is 23.0. The predicted molar refractivity (Wildman–Crippen MR) is 130 cm³/mol. The Morgan fingerprint density at radius 2 is 1.88 bits per heavy atom. The summed E-state index contributed by atoms with van der Waals surface area (Å²) >= 11 is 0. The fraction of sp³-hybridized carbons (Fsp3) is 0.462. The topological polar surface area (TPSA) is 82.4 Å². The van der Waals surface area contributed by atoms with E-state index in [1.54, 1.807) is 0 Å². The van der Waals surface area contributed by atoms with Gasteiger partial charge in [0.1, 0.15) is 0 Å². The highest BCUT2D eigenvalue weighted by Crippen LogP contribution is 2.39. The lowest BCUT2D eigenvalue weighted by molar-refractivity contribution is -0.121. The highest BCUT2D eigenvalue weighted by Gasteiger charge is 2.40. The standard InChI is InChI=1S/C26H33N5O2/c1-18-8-9-23-22(14-18)25(29-30(23)2)27-15-24(32)28-20-16-31(17-20)21-10-12-26(33,13-11-21)19-6-4-3-5-7-19/h3-9,14,20-21,33H,10-13,15-17H2,1-2H3,(H,27,29)(H,28,32). The molecule has 2 fully saturated rings. The summed E-state index contributed by atoms with van der Waals surface area (Å²) in [5.41, 5.74) is 2.55. The third kappa shape index (κ3) is 4.48. The molecule has 0 spiro atoms. The molecule has 3 N–H and O–H groups in total. The average molecular weight is 448 g/mol. The first-order valence-corrected chi connectivity index (χ1v) is 11.9. The summed E-state index contributed by atoms with van der Waals surface area (Å²) in [6, 6.07) is 16.9. The largest absolute Gasteiger partial charge is 0.385 e. The van der Waals surface area contributed by atoms with Gasteiger partial charge in [-0.3, -0.25) is 14.4 Å². The molecule has 3 aromatic rings. The minimum atomic E-state index is -0.698. The number of aryl methyl sites for hydroxylation is 2. The third-order valence-electron chi connectivity index (χ3n) is 7.31. The van der Waals surface area contributed by atoms with E-state index in [4.69, 9.17) is 0 Å². The van der Waals surface area contributed by atoms with Gasteiger partial charge in [0.15, 0.2) is 5.82 Å². The second-order valence-corrected chi connectivity index (χ2v) is 9.69. The molecule has 1 aliphatic heterocycles. The molecule has 1 saturated carbocycles. The van der Waals surface area contributed by atoms with Crippen molar-refractivity contribution < 1.29 is 9.90 Å². The zero-order valence-corrected chi connectivity index (χ0v) is 19.4. The summed E-state index contributed by atoms with van der Waals surface area (Å²) in [6.07, 6.45) is 3.55. The van der Waals surface area contributed by atoms with Gasteiger partial charge in [0.2, 0.25) is 5.91 Å². The van der Waals surface area contributed by atoms with E-state index < -0.39 is 5.60 Å². The lowest BCUT2D eigenvalue weighted by atomic mass is 9.76. The third-order valence-corrected chi connectivity index (χ3v) is 7.31. The molecule has 33 heavy (non-hydrogen) atoms. The molecule has 0 unspecified atom stereocenters. The summed E-state index contributed by atoms with van der Waals surface area (Å²) in [5.74, 6) is 0.739. The van der Waals surface area contributed by atoms with E-state index in [-0.39, 0.29) is 18.5 Å². The first-order chi connectivity index (χ1) is 15.9. The summed E-state index contributed by atoms with van der Waals surface area (Å²) in [7, 11) is 1.91. The van der Waals surface area contributed by atoms with Crippen LogP contribution in [-0.2, 0) is 17.4 Å². The number of hydrogen-bond donors (Lipinski definition) is 3. The molecule has 1 amide bonds. The maximum absolute atomic E-state index is 12.5. The number of hydrogen-bond acceptors (Lipinski definition) is 5. The second-order valence-electron chi connectivity index (χ2n) is 9.69. The number of anilines is 1. The van der Waals surface area contributed by atoms with Crippen LogP contribution in [0.3, 0.4) is 0 Å². The minimum absolute atomic E-state index is 0.00629. The van der Waals surface area contributed by atoms with Crippen molar-refractivity contribution in [2.45, 2.75) is 50.3 Å². The molecule has 2 aliphatic rings. The van der Waals surface area contributed by atoms with Crippen molar-refractivity contribution in [1.29, 1.82) is 0 Å². The van der Waals surface area contributed by atoms with E-state index in [0.717, 1.165) is 61.1 Å². The Bertz CT molecular complexity index is 1130. The fourth-order valence-corrected chi connectivity index (χ4v) is 5.34. The summed E-state index contributed by atoms with van der Waals surface area (Å²) in [5, 5.41) is 22.9. The minimum Gasteiger partial charge on any atom is -0.385 e. The Kier molecular flexibility index (Phi) is 5.85. The van der Waals surface area contributed by atoms with Crippen LogP contribution >= 0.6 is 0 Å². The molecule has 1 saturated heterocycles. The van der Waals surface area contributed by atoms with Crippen LogP contribution in [0.4, 0.5) is 5.82 Å². The van der Waals surface area contributed by atoms with Crippen molar-refractivity contribution in [1.82, 2.24) is 20.0 Å².